The van der Waals surface area contributed by atoms with Crippen molar-refractivity contribution in [1.29, 1.82) is 0 Å². The van der Waals surface area contributed by atoms with Crippen LogP contribution in [0, 0.1) is 17.8 Å². The minimum atomic E-state index is -0.00486. The zero-order valence-electron chi connectivity index (χ0n) is 13.8. The highest BCUT2D eigenvalue weighted by Gasteiger charge is 2.39. The van der Waals surface area contributed by atoms with Crippen LogP contribution in [0.3, 0.4) is 0 Å². The van der Waals surface area contributed by atoms with Crippen LogP contribution in [-0.2, 0) is 4.74 Å². The van der Waals surface area contributed by atoms with E-state index in [1.165, 1.54) is 0 Å². The molecule has 1 saturated heterocycles. The molecule has 118 valence electrons. The summed E-state index contributed by atoms with van der Waals surface area (Å²) in [6.07, 6.45) is 4.19. The molecular formula is C19H25NO2. The first-order chi connectivity index (χ1) is 10.6. The summed E-state index contributed by atoms with van der Waals surface area (Å²) in [6.45, 7) is 9.05. The van der Waals surface area contributed by atoms with Gasteiger partial charge < -0.3 is 9.30 Å². The smallest absolute Gasteiger partial charge is 0.152 e. The second-order valence-corrected chi connectivity index (χ2v) is 6.68. The van der Waals surface area contributed by atoms with Crippen molar-refractivity contribution in [3.05, 3.63) is 36.0 Å². The van der Waals surface area contributed by atoms with E-state index in [9.17, 15) is 4.79 Å². The number of hydrogen-bond acceptors (Lipinski definition) is 2. The Balaban J connectivity index is 2.08. The number of ether oxygens (including phenoxy) is 1. The molecule has 0 spiro atoms. The average molecular weight is 299 g/mol. The van der Waals surface area contributed by atoms with E-state index >= 15 is 0 Å². The van der Waals surface area contributed by atoms with E-state index in [0.29, 0.717) is 17.8 Å². The van der Waals surface area contributed by atoms with E-state index < -0.39 is 0 Å². The predicted molar refractivity (Wildman–Crippen MR) is 89.0 cm³/mol. The Morgan fingerprint density at radius 2 is 1.86 bits per heavy atom. The lowest BCUT2D eigenvalue weighted by Gasteiger charge is -2.44. The molecule has 22 heavy (non-hydrogen) atoms. The maximum atomic E-state index is 11.4. The van der Waals surface area contributed by atoms with Crippen LogP contribution >= 0.6 is 0 Å². The molecule has 0 aliphatic carbocycles. The zero-order valence-corrected chi connectivity index (χ0v) is 13.8. The van der Waals surface area contributed by atoms with Gasteiger partial charge in [0.1, 0.15) is 6.23 Å². The molecule has 3 rings (SSSR count). The number of aromatic nitrogens is 1. The van der Waals surface area contributed by atoms with Crippen LogP contribution < -0.4 is 0 Å². The lowest BCUT2D eigenvalue weighted by molar-refractivity contribution is -0.166. The van der Waals surface area contributed by atoms with Gasteiger partial charge in [-0.15, -0.1) is 0 Å². The highest BCUT2D eigenvalue weighted by Crippen LogP contribution is 2.42. The molecular weight excluding hydrogens is 274 g/mol. The van der Waals surface area contributed by atoms with E-state index in [4.69, 9.17) is 4.74 Å². The van der Waals surface area contributed by atoms with E-state index in [1.54, 1.807) is 0 Å². The summed E-state index contributed by atoms with van der Waals surface area (Å²) in [5.41, 5.74) is 1.82. The number of rotatable bonds is 3. The molecule has 1 unspecified atom stereocenters. The number of para-hydroxylation sites is 1. The Hall–Kier alpha value is -1.61. The molecule has 3 heteroatoms. The summed E-state index contributed by atoms with van der Waals surface area (Å²) in [4.78, 5) is 11.4. The number of fused-ring (bicyclic) bond motifs is 1. The second kappa shape index (κ2) is 5.88. The number of benzene rings is 1. The Morgan fingerprint density at radius 3 is 2.55 bits per heavy atom. The Labute approximate surface area is 132 Å². The fourth-order valence-corrected chi connectivity index (χ4v) is 3.83. The SMILES string of the molecule is CC[C@H]1O[C@@H](n2cc(C=O)c3ccccc32)[C@H](C)[C@@H](C)C1C. The van der Waals surface area contributed by atoms with Crippen molar-refractivity contribution in [1.82, 2.24) is 4.57 Å². The van der Waals surface area contributed by atoms with E-state index in [0.717, 1.165) is 29.2 Å². The normalized spacial score (nSPS) is 32.3. The largest absolute Gasteiger partial charge is 0.354 e. The monoisotopic (exact) mass is 299 g/mol. The Morgan fingerprint density at radius 1 is 1.14 bits per heavy atom. The van der Waals surface area contributed by atoms with Gasteiger partial charge in [-0.3, -0.25) is 4.79 Å². The maximum absolute atomic E-state index is 11.4. The van der Waals surface area contributed by atoms with Crippen LogP contribution in [0.5, 0.6) is 0 Å². The molecule has 0 saturated carbocycles. The first kappa shape index (κ1) is 15.3. The molecule has 1 aromatic heterocycles. The molecule has 5 atom stereocenters. The first-order valence-corrected chi connectivity index (χ1v) is 8.28. The molecule has 1 aliphatic heterocycles. The third-order valence-corrected chi connectivity index (χ3v) is 5.58. The molecule has 0 N–H and O–H groups in total. The molecule has 0 amide bonds. The van der Waals surface area contributed by atoms with Crippen LogP contribution in [0.2, 0.25) is 0 Å². The summed E-state index contributed by atoms with van der Waals surface area (Å²) in [5.74, 6) is 1.56. The minimum absolute atomic E-state index is 0.00486. The van der Waals surface area contributed by atoms with Crippen molar-refractivity contribution >= 4 is 17.2 Å². The van der Waals surface area contributed by atoms with Gasteiger partial charge in [0, 0.05) is 23.1 Å². The van der Waals surface area contributed by atoms with Gasteiger partial charge >= 0.3 is 0 Å². The first-order valence-electron chi connectivity index (χ1n) is 8.28. The molecule has 1 aromatic carbocycles. The lowest BCUT2D eigenvalue weighted by Crippen LogP contribution is -2.42. The summed E-state index contributed by atoms with van der Waals surface area (Å²) >= 11 is 0. The quantitative estimate of drug-likeness (QED) is 0.771. The number of nitrogens with zero attached hydrogens (tertiary/aromatic N) is 1. The zero-order chi connectivity index (χ0) is 15.9. The molecule has 0 radical (unpaired) electrons. The van der Waals surface area contributed by atoms with E-state index in [-0.39, 0.29) is 12.3 Å². The number of carbonyl (C=O) groups is 1. The topological polar surface area (TPSA) is 31.2 Å². The second-order valence-electron chi connectivity index (χ2n) is 6.68. The fourth-order valence-electron chi connectivity index (χ4n) is 3.83. The van der Waals surface area contributed by atoms with Gasteiger partial charge in [-0.2, -0.15) is 0 Å². The van der Waals surface area contributed by atoms with E-state index in [2.05, 4.69) is 38.3 Å². The summed E-state index contributed by atoms with van der Waals surface area (Å²) in [7, 11) is 0. The number of hydrogen-bond donors (Lipinski definition) is 0. The fraction of sp³-hybridized carbons (Fsp3) is 0.526. The molecule has 3 nitrogen and oxygen atoms in total. The lowest BCUT2D eigenvalue weighted by atomic mass is 9.77. The third-order valence-electron chi connectivity index (χ3n) is 5.58. The molecule has 2 aromatic rings. The van der Waals surface area contributed by atoms with Crippen molar-refractivity contribution in [3.8, 4) is 0 Å². The minimum Gasteiger partial charge on any atom is -0.354 e. The Bertz CT molecular complexity index is 673. The third kappa shape index (κ3) is 2.28. The maximum Gasteiger partial charge on any atom is 0.152 e. The highest BCUT2D eigenvalue weighted by atomic mass is 16.5. The van der Waals surface area contributed by atoms with Crippen LogP contribution in [0.1, 0.15) is 50.7 Å². The van der Waals surface area contributed by atoms with Gasteiger partial charge in [-0.05, 0) is 24.3 Å². The van der Waals surface area contributed by atoms with Crippen LogP contribution in [0.15, 0.2) is 30.5 Å². The standard InChI is InChI=1S/C19H25NO2/c1-5-18-13(3)12(2)14(4)19(22-18)20-10-15(11-21)16-8-6-7-9-17(16)20/h6-14,18-19H,5H2,1-4H3/t12-,13?,14+,18+,19+/m0/s1. The van der Waals surface area contributed by atoms with E-state index in [1.807, 2.05) is 24.4 Å². The van der Waals surface area contributed by atoms with Crippen molar-refractivity contribution in [3.63, 3.8) is 0 Å². The average Bonchev–Trinajstić information content (AvgIpc) is 2.92. The van der Waals surface area contributed by atoms with Gasteiger partial charge in [0.25, 0.3) is 0 Å². The summed E-state index contributed by atoms with van der Waals surface area (Å²) in [6, 6.07) is 8.07. The van der Waals surface area contributed by atoms with Crippen molar-refractivity contribution in [2.45, 2.75) is 46.4 Å². The number of carbonyl (C=O) groups excluding carboxylic acids is 1. The van der Waals surface area contributed by atoms with Crippen molar-refractivity contribution in [2.24, 2.45) is 17.8 Å². The predicted octanol–water partition coefficient (Wildman–Crippen LogP) is 4.67. The highest BCUT2D eigenvalue weighted by molar-refractivity contribution is 5.97. The summed E-state index contributed by atoms with van der Waals surface area (Å²) in [5, 5.41) is 1.01. The van der Waals surface area contributed by atoms with Crippen LogP contribution in [0.25, 0.3) is 10.9 Å². The molecule has 0 bridgehead atoms. The molecule has 2 heterocycles. The number of aldehydes is 1. The van der Waals surface area contributed by atoms with Gasteiger partial charge in [0.15, 0.2) is 6.29 Å². The van der Waals surface area contributed by atoms with Gasteiger partial charge in [-0.1, -0.05) is 45.9 Å². The van der Waals surface area contributed by atoms with Gasteiger partial charge in [0.2, 0.25) is 0 Å². The Kier molecular flexibility index (Phi) is 4.09. The van der Waals surface area contributed by atoms with Crippen molar-refractivity contribution in [2.75, 3.05) is 0 Å². The van der Waals surface area contributed by atoms with Gasteiger partial charge in [-0.25, -0.2) is 0 Å². The molecule has 1 fully saturated rings. The summed E-state index contributed by atoms with van der Waals surface area (Å²) < 4.78 is 8.59. The van der Waals surface area contributed by atoms with Crippen LogP contribution in [-0.4, -0.2) is 17.0 Å². The van der Waals surface area contributed by atoms with Crippen LogP contribution in [0.4, 0.5) is 0 Å². The van der Waals surface area contributed by atoms with Crippen molar-refractivity contribution < 1.29 is 9.53 Å². The van der Waals surface area contributed by atoms with Gasteiger partial charge in [0.05, 0.1) is 11.6 Å². The molecule has 1 aliphatic rings.